The van der Waals surface area contributed by atoms with Gasteiger partial charge in [-0.05, 0) is 40.3 Å². The van der Waals surface area contributed by atoms with E-state index in [1.165, 1.54) is 0 Å². The molecule has 0 aliphatic carbocycles. The first-order valence-electron chi connectivity index (χ1n) is 7.86. The van der Waals surface area contributed by atoms with E-state index < -0.39 is 0 Å². The second-order valence-corrected chi connectivity index (χ2v) is 5.99. The van der Waals surface area contributed by atoms with Gasteiger partial charge >= 0.3 is 0 Å². The summed E-state index contributed by atoms with van der Waals surface area (Å²) in [6.45, 7) is 9.66. The highest BCUT2D eigenvalue weighted by Crippen LogP contribution is 2.26. The third-order valence-electron chi connectivity index (χ3n) is 4.10. The van der Waals surface area contributed by atoms with E-state index in [0.29, 0.717) is 6.04 Å². The molecule has 0 saturated carbocycles. The molecule has 3 N–H and O–H groups in total. The van der Waals surface area contributed by atoms with Crippen molar-refractivity contribution in [2.24, 2.45) is 5.84 Å². The summed E-state index contributed by atoms with van der Waals surface area (Å²) in [5.74, 6) is 8.28. The third kappa shape index (κ3) is 3.63. The van der Waals surface area contributed by atoms with Crippen molar-refractivity contribution in [2.45, 2.75) is 46.1 Å². The van der Waals surface area contributed by atoms with Gasteiger partial charge in [-0.15, -0.1) is 0 Å². The smallest absolute Gasteiger partial charge is 0.148 e. The van der Waals surface area contributed by atoms with Gasteiger partial charge < -0.3 is 15.2 Å². The van der Waals surface area contributed by atoms with Gasteiger partial charge in [-0.25, -0.2) is 15.8 Å². The topological polar surface area (TPSA) is 70.3 Å². The van der Waals surface area contributed by atoms with Crippen LogP contribution in [0.4, 0.5) is 11.6 Å². The van der Waals surface area contributed by atoms with Gasteiger partial charge in [-0.2, -0.15) is 0 Å². The van der Waals surface area contributed by atoms with E-state index in [9.17, 15) is 0 Å². The summed E-state index contributed by atoms with van der Waals surface area (Å²) in [6.07, 6.45) is 3.06. The molecule has 118 valence electrons. The Bertz CT molecular complexity index is 475. The molecule has 2 rings (SSSR count). The number of nitrogens with one attached hydrogen (secondary N) is 1. The molecule has 1 atom stereocenters. The number of aromatic nitrogens is 2. The Morgan fingerprint density at radius 3 is 2.76 bits per heavy atom. The Labute approximate surface area is 127 Å². The van der Waals surface area contributed by atoms with Gasteiger partial charge in [0, 0.05) is 31.1 Å². The van der Waals surface area contributed by atoms with Gasteiger partial charge in [0.05, 0.1) is 0 Å². The van der Waals surface area contributed by atoms with Crippen molar-refractivity contribution < 1.29 is 0 Å². The van der Waals surface area contributed by atoms with Crippen molar-refractivity contribution in [3.05, 3.63) is 11.4 Å². The molecule has 1 aliphatic heterocycles. The number of hydrogen-bond acceptors (Lipinski definition) is 6. The Balaban J connectivity index is 2.38. The molecule has 6 nitrogen and oxygen atoms in total. The highest BCUT2D eigenvalue weighted by molar-refractivity contribution is 5.58. The molecule has 0 radical (unpaired) electrons. The van der Waals surface area contributed by atoms with Crippen LogP contribution in [0.3, 0.4) is 0 Å². The Morgan fingerprint density at radius 1 is 1.33 bits per heavy atom. The Hall–Kier alpha value is -1.40. The summed E-state index contributed by atoms with van der Waals surface area (Å²) in [7, 11) is 2.18. The lowest BCUT2D eigenvalue weighted by Crippen LogP contribution is -2.39. The number of aryl methyl sites for hydroxylation is 1. The summed E-state index contributed by atoms with van der Waals surface area (Å²) in [4.78, 5) is 14.1. The quantitative estimate of drug-likeness (QED) is 0.648. The van der Waals surface area contributed by atoms with Crippen LogP contribution in [0.5, 0.6) is 0 Å². The molecule has 1 saturated heterocycles. The zero-order chi connectivity index (χ0) is 15.4. The van der Waals surface area contributed by atoms with Gasteiger partial charge in [-0.1, -0.05) is 6.92 Å². The SMILES string of the molecule is CCCc1nc(NN)c(C)c(N2CCCN(C)CC2C)n1. The van der Waals surface area contributed by atoms with E-state index in [1.807, 2.05) is 6.92 Å². The summed E-state index contributed by atoms with van der Waals surface area (Å²) in [5.41, 5.74) is 3.76. The normalized spacial score (nSPS) is 20.4. The predicted molar refractivity (Wildman–Crippen MR) is 87.5 cm³/mol. The number of nitrogens with zero attached hydrogens (tertiary/aromatic N) is 4. The van der Waals surface area contributed by atoms with Gasteiger partial charge in [-0.3, -0.25) is 0 Å². The molecule has 0 bridgehead atoms. The van der Waals surface area contributed by atoms with Gasteiger partial charge in [0.25, 0.3) is 0 Å². The number of nitrogen functional groups attached to an aromatic ring is 1. The first-order valence-corrected chi connectivity index (χ1v) is 7.86. The van der Waals surface area contributed by atoms with E-state index in [2.05, 4.69) is 41.1 Å². The van der Waals surface area contributed by atoms with Crippen LogP contribution in [0.25, 0.3) is 0 Å². The summed E-state index contributed by atoms with van der Waals surface area (Å²) in [6, 6.07) is 0.436. The van der Waals surface area contributed by atoms with Crippen molar-refractivity contribution in [2.75, 3.05) is 37.0 Å². The molecule has 0 amide bonds. The van der Waals surface area contributed by atoms with Gasteiger partial charge in [0.15, 0.2) is 0 Å². The number of rotatable bonds is 4. The Morgan fingerprint density at radius 2 is 2.10 bits per heavy atom. The van der Waals surface area contributed by atoms with E-state index in [-0.39, 0.29) is 0 Å². The number of nitrogens with two attached hydrogens (primary N) is 1. The maximum absolute atomic E-state index is 5.63. The van der Waals surface area contributed by atoms with Gasteiger partial charge in [0.1, 0.15) is 17.5 Å². The van der Waals surface area contributed by atoms with Crippen LogP contribution >= 0.6 is 0 Å². The molecule has 0 spiro atoms. The maximum atomic E-state index is 5.63. The fourth-order valence-electron chi connectivity index (χ4n) is 2.99. The van der Waals surface area contributed by atoms with E-state index in [4.69, 9.17) is 10.8 Å². The molecule has 21 heavy (non-hydrogen) atoms. The maximum Gasteiger partial charge on any atom is 0.148 e. The first kappa shape index (κ1) is 16.0. The van der Waals surface area contributed by atoms with Crippen molar-refractivity contribution >= 4 is 11.6 Å². The minimum absolute atomic E-state index is 0.436. The largest absolute Gasteiger partial charge is 0.352 e. The number of hydrazine groups is 1. The molecule has 1 unspecified atom stereocenters. The summed E-state index contributed by atoms with van der Waals surface area (Å²) >= 11 is 0. The lowest BCUT2D eigenvalue weighted by molar-refractivity contribution is 0.337. The fraction of sp³-hybridized carbons (Fsp3) is 0.733. The molecule has 6 heteroatoms. The molecular formula is C15H28N6. The first-order chi connectivity index (χ1) is 10.1. The lowest BCUT2D eigenvalue weighted by atomic mass is 10.2. The molecule has 1 aliphatic rings. The third-order valence-corrected chi connectivity index (χ3v) is 4.10. The number of anilines is 2. The molecule has 1 aromatic rings. The second kappa shape index (κ2) is 7.04. The standard InChI is InChI=1S/C15H28N6/c1-5-7-13-17-14(19-16)12(3)15(18-13)21-9-6-8-20(4)10-11(21)2/h11H,5-10,16H2,1-4H3,(H,17,18,19). The molecule has 1 aromatic heterocycles. The predicted octanol–water partition coefficient (Wildman–Crippen LogP) is 1.55. The van der Waals surface area contributed by atoms with Crippen LogP contribution in [0.15, 0.2) is 0 Å². The van der Waals surface area contributed by atoms with Crippen LogP contribution in [0.2, 0.25) is 0 Å². The summed E-state index contributed by atoms with van der Waals surface area (Å²) in [5, 5.41) is 0. The lowest BCUT2D eigenvalue weighted by Gasteiger charge is -2.31. The van der Waals surface area contributed by atoms with Crippen LogP contribution in [0.1, 0.15) is 38.1 Å². The van der Waals surface area contributed by atoms with Crippen LogP contribution in [0, 0.1) is 6.92 Å². The van der Waals surface area contributed by atoms with Crippen molar-refractivity contribution in [3.8, 4) is 0 Å². The van der Waals surface area contributed by atoms with Crippen LogP contribution < -0.4 is 16.2 Å². The summed E-state index contributed by atoms with van der Waals surface area (Å²) < 4.78 is 0. The average molecular weight is 292 g/mol. The van der Waals surface area contributed by atoms with E-state index >= 15 is 0 Å². The molecular weight excluding hydrogens is 264 g/mol. The number of likely N-dealkylation sites (N-methyl/N-ethyl adjacent to an activating group) is 1. The number of hydrogen-bond donors (Lipinski definition) is 2. The van der Waals surface area contributed by atoms with Crippen molar-refractivity contribution in [3.63, 3.8) is 0 Å². The van der Waals surface area contributed by atoms with Crippen LogP contribution in [-0.4, -0.2) is 47.6 Å². The average Bonchev–Trinajstić information content (AvgIpc) is 2.61. The Kier molecular flexibility index (Phi) is 5.36. The minimum atomic E-state index is 0.436. The van der Waals surface area contributed by atoms with Gasteiger partial charge in [0.2, 0.25) is 0 Å². The van der Waals surface area contributed by atoms with E-state index in [0.717, 1.165) is 61.9 Å². The fourth-order valence-corrected chi connectivity index (χ4v) is 2.99. The second-order valence-electron chi connectivity index (χ2n) is 5.99. The monoisotopic (exact) mass is 292 g/mol. The highest BCUT2D eigenvalue weighted by Gasteiger charge is 2.24. The zero-order valence-corrected chi connectivity index (χ0v) is 13.7. The zero-order valence-electron chi connectivity index (χ0n) is 13.7. The van der Waals surface area contributed by atoms with Crippen molar-refractivity contribution in [1.29, 1.82) is 0 Å². The van der Waals surface area contributed by atoms with E-state index in [1.54, 1.807) is 0 Å². The molecule has 0 aromatic carbocycles. The van der Waals surface area contributed by atoms with Crippen molar-refractivity contribution in [1.82, 2.24) is 14.9 Å². The minimum Gasteiger partial charge on any atom is -0.352 e. The van der Waals surface area contributed by atoms with Crippen LogP contribution in [-0.2, 0) is 6.42 Å². The molecule has 1 fully saturated rings. The highest BCUT2D eigenvalue weighted by atomic mass is 15.3. The molecule has 2 heterocycles.